The van der Waals surface area contributed by atoms with Crippen LogP contribution in [0.4, 0.5) is 5.69 Å². The predicted molar refractivity (Wildman–Crippen MR) is 106 cm³/mol. The summed E-state index contributed by atoms with van der Waals surface area (Å²) in [5.74, 6) is -0.419. The van der Waals surface area contributed by atoms with Crippen LogP contribution in [0.3, 0.4) is 0 Å². The van der Waals surface area contributed by atoms with E-state index in [1.165, 1.54) is 36.5 Å². The van der Waals surface area contributed by atoms with Crippen LogP contribution in [-0.4, -0.2) is 21.7 Å². The first kappa shape index (κ1) is 19.0. The zero-order valence-corrected chi connectivity index (χ0v) is 15.7. The van der Waals surface area contributed by atoms with Gasteiger partial charge in [0, 0.05) is 30.6 Å². The summed E-state index contributed by atoms with van der Waals surface area (Å²) in [6.45, 7) is 1.71. The maximum Gasteiger partial charge on any atom is 0.345 e. The summed E-state index contributed by atoms with van der Waals surface area (Å²) in [5, 5.41) is 10.9. The number of esters is 1. The highest BCUT2D eigenvalue weighted by atomic mass is 16.6. The van der Waals surface area contributed by atoms with E-state index >= 15 is 0 Å². The molecule has 1 aliphatic heterocycles. The van der Waals surface area contributed by atoms with Gasteiger partial charge in [0.05, 0.1) is 16.1 Å². The number of carbonyl (C=O) groups is 2. The fourth-order valence-corrected chi connectivity index (χ4v) is 3.07. The van der Waals surface area contributed by atoms with Crippen LogP contribution in [0.1, 0.15) is 31.8 Å². The first-order valence-electron chi connectivity index (χ1n) is 8.88. The highest BCUT2D eigenvalue weighted by Gasteiger charge is 2.30. The quantitative estimate of drug-likeness (QED) is 0.212. The third kappa shape index (κ3) is 3.66. The molecule has 4 rings (SSSR count). The van der Waals surface area contributed by atoms with Gasteiger partial charge in [0.2, 0.25) is 5.78 Å². The van der Waals surface area contributed by atoms with Gasteiger partial charge >= 0.3 is 5.97 Å². The van der Waals surface area contributed by atoms with Crippen molar-refractivity contribution in [2.75, 3.05) is 0 Å². The lowest BCUT2D eigenvalue weighted by molar-refractivity contribution is -0.384. The molecule has 0 saturated heterocycles. The topological polar surface area (TPSA) is 109 Å². The summed E-state index contributed by atoms with van der Waals surface area (Å²) in [5.41, 5.74) is 1.59. The normalized spacial score (nSPS) is 13.6. The first-order chi connectivity index (χ1) is 14.4. The van der Waals surface area contributed by atoms with Gasteiger partial charge in [-0.25, -0.2) is 4.79 Å². The van der Waals surface area contributed by atoms with Crippen LogP contribution in [0.15, 0.2) is 66.7 Å². The third-order valence-corrected chi connectivity index (χ3v) is 4.43. The Morgan fingerprint density at radius 2 is 2.03 bits per heavy atom. The molecule has 30 heavy (non-hydrogen) atoms. The second-order valence-electron chi connectivity index (χ2n) is 6.54. The molecule has 0 N–H and O–H groups in total. The standard InChI is InChI=1S/C22H14N2O6/c1-13-8-17(29-22(26)15-5-3-7-23-12-15)11-18-20(13)21(25)19(30-18)10-14-4-2-6-16(9-14)24(27)28/h2-12H,1H3/b19-10-. The van der Waals surface area contributed by atoms with Gasteiger partial charge < -0.3 is 9.47 Å². The number of hydrogen-bond acceptors (Lipinski definition) is 7. The van der Waals surface area contributed by atoms with Crippen LogP contribution in [0, 0.1) is 17.0 Å². The average molecular weight is 402 g/mol. The minimum atomic E-state index is -0.584. The molecule has 0 amide bonds. The minimum absolute atomic E-state index is 0.0318. The van der Waals surface area contributed by atoms with Crippen LogP contribution in [0.5, 0.6) is 11.5 Å². The van der Waals surface area contributed by atoms with E-state index < -0.39 is 10.9 Å². The summed E-state index contributed by atoms with van der Waals surface area (Å²) < 4.78 is 11.0. The van der Waals surface area contributed by atoms with E-state index in [9.17, 15) is 19.7 Å². The van der Waals surface area contributed by atoms with Gasteiger partial charge in [-0.3, -0.25) is 19.9 Å². The molecule has 0 bridgehead atoms. The van der Waals surface area contributed by atoms with Gasteiger partial charge in [0.25, 0.3) is 5.69 Å². The first-order valence-corrected chi connectivity index (χ1v) is 8.88. The van der Waals surface area contributed by atoms with Crippen molar-refractivity contribution >= 4 is 23.5 Å². The largest absolute Gasteiger partial charge is 0.452 e. The molecule has 0 radical (unpaired) electrons. The number of hydrogen-bond donors (Lipinski definition) is 0. The van der Waals surface area contributed by atoms with Gasteiger partial charge in [-0.05, 0) is 42.3 Å². The molecular weight excluding hydrogens is 388 g/mol. The molecule has 3 aromatic rings. The number of allylic oxidation sites excluding steroid dienone is 1. The number of pyridine rings is 1. The molecule has 1 aromatic heterocycles. The predicted octanol–water partition coefficient (Wildman–Crippen LogP) is 4.13. The number of non-ortho nitro benzene ring substituents is 1. The zero-order chi connectivity index (χ0) is 21.3. The second kappa shape index (κ2) is 7.59. The van der Waals surface area contributed by atoms with Crippen molar-refractivity contribution in [1.29, 1.82) is 0 Å². The molecule has 0 spiro atoms. The SMILES string of the molecule is Cc1cc(OC(=O)c2cccnc2)cc2c1C(=O)/C(=C/c1cccc([N+](=O)[O-])c1)O2. The Hall–Kier alpha value is -4.33. The number of aromatic nitrogens is 1. The van der Waals surface area contributed by atoms with E-state index in [0.717, 1.165) is 0 Å². The number of benzene rings is 2. The van der Waals surface area contributed by atoms with Gasteiger partial charge in [-0.2, -0.15) is 0 Å². The zero-order valence-electron chi connectivity index (χ0n) is 15.7. The summed E-state index contributed by atoms with van der Waals surface area (Å²) >= 11 is 0. The van der Waals surface area contributed by atoms with E-state index in [1.807, 2.05) is 0 Å². The van der Waals surface area contributed by atoms with Crippen LogP contribution in [0.2, 0.25) is 0 Å². The number of carbonyl (C=O) groups excluding carboxylic acids is 2. The van der Waals surface area contributed by atoms with E-state index in [1.54, 1.807) is 37.4 Å². The number of ketones is 1. The fraction of sp³-hybridized carbons (Fsp3) is 0.0455. The molecule has 0 saturated carbocycles. The van der Waals surface area contributed by atoms with E-state index in [2.05, 4.69) is 4.98 Å². The Morgan fingerprint density at radius 1 is 1.20 bits per heavy atom. The van der Waals surface area contributed by atoms with Crippen molar-refractivity contribution in [1.82, 2.24) is 4.98 Å². The molecule has 0 aliphatic carbocycles. The van der Waals surface area contributed by atoms with E-state index in [0.29, 0.717) is 22.3 Å². The summed E-state index contributed by atoms with van der Waals surface area (Å²) in [6, 6.07) is 12.1. The summed E-state index contributed by atoms with van der Waals surface area (Å²) in [7, 11) is 0. The second-order valence-corrected chi connectivity index (χ2v) is 6.54. The molecule has 8 heteroatoms. The van der Waals surface area contributed by atoms with E-state index in [4.69, 9.17) is 9.47 Å². The molecule has 0 fully saturated rings. The minimum Gasteiger partial charge on any atom is -0.452 e. The summed E-state index contributed by atoms with van der Waals surface area (Å²) in [4.78, 5) is 39.3. The smallest absolute Gasteiger partial charge is 0.345 e. The molecule has 1 aliphatic rings. The molecule has 2 aromatic carbocycles. The Morgan fingerprint density at radius 3 is 2.77 bits per heavy atom. The van der Waals surface area contributed by atoms with Crippen molar-refractivity contribution < 1.29 is 24.0 Å². The number of nitrogens with zero attached hydrogens (tertiary/aromatic N) is 2. The van der Waals surface area contributed by atoms with Crippen molar-refractivity contribution in [3.63, 3.8) is 0 Å². The van der Waals surface area contributed by atoms with Crippen LogP contribution >= 0.6 is 0 Å². The van der Waals surface area contributed by atoms with Crippen LogP contribution < -0.4 is 9.47 Å². The maximum atomic E-state index is 12.8. The summed E-state index contributed by atoms with van der Waals surface area (Å²) in [6.07, 6.45) is 4.38. The number of ether oxygens (including phenoxy) is 2. The lowest BCUT2D eigenvalue weighted by atomic mass is 10.0. The molecule has 0 atom stereocenters. The van der Waals surface area contributed by atoms with Crippen LogP contribution in [0.25, 0.3) is 6.08 Å². The van der Waals surface area contributed by atoms with Crippen molar-refractivity contribution in [3.8, 4) is 11.5 Å². The number of nitro groups is 1. The average Bonchev–Trinajstić information content (AvgIpc) is 3.04. The third-order valence-electron chi connectivity index (χ3n) is 4.43. The van der Waals surface area contributed by atoms with Crippen LogP contribution in [-0.2, 0) is 0 Å². The fourth-order valence-electron chi connectivity index (χ4n) is 3.07. The Balaban J connectivity index is 1.62. The molecule has 0 unspecified atom stereocenters. The van der Waals surface area contributed by atoms with Gasteiger partial charge in [0.1, 0.15) is 11.5 Å². The number of fused-ring (bicyclic) bond motifs is 1. The Bertz CT molecular complexity index is 1220. The lowest BCUT2D eigenvalue weighted by Gasteiger charge is -2.07. The molecule has 148 valence electrons. The van der Waals surface area contributed by atoms with Gasteiger partial charge in [-0.15, -0.1) is 0 Å². The number of nitro benzene ring substituents is 1. The van der Waals surface area contributed by atoms with E-state index in [-0.39, 0.29) is 28.7 Å². The molecular formula is C22H14N2O6. The Kier molecular flexibility index (Phi) is 4.81. The van der Waals surface area contributed by atoms with Gasteiger partial charge in [0.15, 0.2) is 5.76 Å². The van der Waals surface area contributed by atoms with Crippen molar-refractivity contribution in [2.24, 2.45) is 0 Å². The molecule has 2 heterocycles. The number of Topliss-reactive ketones (excluding diaryl/α,β-unsaturated/α-hetero) is 1. The monoisotopic (exact) mass is 402 g/mol. The van der Waals surface area contributed by atoms with Crippen molar-refractivity contribution in [2.45, 2.75) is 6.92 Å². The highest BCUT2D eigenvalue weighted by Crippen LogP contribution is 2.37. The van der Waals surface area contributed by atoms with Gasteiger partial charge in [-0.1, -0.05) is 12.1 Å². The Labute approximate surface area is 170 Å². The number of rotatable bonds is 4. The number of aryl methyl sites for hydroxylation is 1. The van der Waals surface area contributed by atoms with Crippen molar-refractivity contribution in [3.05, 3.63) is 99.1 Å². The maximum absolute atomic E-state index is 12.8. The lowest BCUT2D eigenvalue weighted by Crippen LogP contribution is -2.09. The molecule has 8 nitrogen and oxygen atoms in total. The highest BCUT2D eigenvalue weighted by molar-refractivity contribution is 6.15.